The van der Waals surface area contributed by atoms with E-state index in [1.165, 1.54) is 29.4 Å². The van der Waals surface area contributed by atoms with Crippen molar-refractivity contribution in [1.82, 2.24) is 4.98 Å². The highest BCUT2D eigenvalue weighted by Gasteiger charge is 2.60. The maximum absolute atomic E-state index is 4.73. The highest BCUT2D eigenvalue weighted by Crippen LogP contribution is 2.64. The minimum Gasteiger partial charge on any atom is -0.253 e. The van der Waals surface area contributed by atoms with Crippen molar-refractivity contribution in [2.45, 2.75) is 72.6 Å². The van der Waals surface area contributed by atoms with Gasteiger partial charge in [0, 0.05) is 16.5 Å². The fourth-order valence-corrected chi connectivity index (χ4v) is 4.84. The van der Waals surface area contributed by atoms with Crippen molar-refractivity contribution in [2.75, 3.05) is 0 Å². The number of aryl methyl sites for hydroxylation is 2. The number of hydrogen-bond donors (Lipinski definition) is 0. The molecule has 3 rings (SSSR count). The van der Waals surface area contributed by atoms with Crippen LogP contribution in [0.3, 0.4) is 0 Å². The van der Waals surface area contributed by atoms with Crippen molar-refractivity contribution >= 4 is 10.9 Å². The molecule has 1 aliphatic rings. The van der Waals surface area contributed by atoms with Gasteiger partial charge in [-0.3, -0.25) is 4.98 Å². The summed E-state index contributed by atoms with van der Waals surface area (Å²) in [5.41, 5.74) is 5.56. The number of pyridine rings is 1. The Hall–Kier alpha value is -1.63. The zero-order valence-electron chi connectivity index (χ0n) is 17.0. The summed E-state index contributed by atoms with van der Waals surface area (Å²) in [6, 6.07) is 9.26. The number of hydrogen-bond acceptors (Lipinski definition) is 1. The lowest BCUT2D eigenvalue weighted by Gasteiger charge is -2.19. The van der Waals surface area contributed by atoms with Crippen LogP contribution in [0.15, 0.2) is 36.9 Å². The van der Waals surface area contributed by atoms with E-state index in [1.54, 1.807) is 0 Å². The molecule has 1 aliphatic carbocycles. The van der Waals surface area contributed by atoms with E-state index in [9.17, 15) is 0 Å². The first kappa shape index (κ1) is 19.7. The van der Waals surface area contributed by atoms with Gasteiger partial charge >= 0.3 is 0 Å². The molecule has 1 heterocycles. The topological polar surface area (TPSA) is 12.9 Å². The lowest BCUT2D eigenvalue weighted by molar-refractivity contribution is 0.541. The number of nitrogens with zero attached hydrogens (tertiary/aromatic N) is 1. The lowest BCUT2D eigenvalue weighted by Crippen LogP contribution is -2.12. The Bertz CT molecular complexity index is 730. The minimum atomic E-state index is 0.354. The molecule has 0 spiro atoms. The summed E-state index contributed by atoms with van der Waals surface area (Å²) in [7, 11) is 0. The molecule has 0 saturated heterocycles. The largest absolute Gasteiger partial charge is 0.253 e. The molecule has 0 bridgehead atoms. The predicted octanol–water partition coefficient (Wildman–Crippen LogP) is 7.01. The third-order valence-electron chi connectivity index (χ3n) is 6.11. The normalized spacial score (nSPS) is 24.6. The smallest absolute Gasteiger partial charge is 0.0708 e. The monoisotopic (exact) mass is 337 g/mol. The summed E-state index contributed by atoms with van der Waals surface area (Å²) in [5, 5.41) is 1.35. The van der Waals surface area contributed by atoms with Crippen LogP contribution in [0, 0.1) is 18.8 Å². The van der Waals surface area contributed by atoms with E-state index in [0.717, 1.165) is 35.9 Å². The second kappa shape index (κ2) is 8.17. The molecule has 3 atom stereocenters. The Morgan fingerprint density at radius 1 is 1.20 bits per heavy atom. The summed E-state index contributed by atoms with van der Waals surface area (Å²) >= 11 is 0. The van der Waals surface area contributed by atoms with Gasteiger partial charge in [-0.1, -0.05) is 53.2 Å². The first-order chi connectivity index (χ1) is 12.1. The van der Waals surface area contributed by atoms with Crippen LogP contribution < -0.4 is 0 Å². The zero-order chi connectivity index (χ0) is 18.6. The summed E-state index contributed by atoms with van der Waals surface area (Å²) in [5.74, 6) is 1.58. The first-order valence-electron chi connectivity index (χ1n) is 10.1. The molecule has 0 radical (unpaired) electrons. The van der Waals surface area contributed by atoms with E-state index in [1.807, 2.05) is 13.8 Å². The molecule has 0 amide bonds. The SMILES string of the molecule is C=CCCC1(c2ccc3nc(C)cc(CC)c3c2)C(C)C1CC.CC. The molecule has 1 aromatic heterocycles. The van der Waals surface area contributed by atoms with Gasteiger partial charge in [0.15, 0.2) is 0 Å². The van der Waals surface area contributed by atoms with Crippen LogP contribution in [0.1, 0.15) is 70.7 Å². The second-order valence-electron chi connectivity index (χ2n) is 7.18. The van der Waals surface area contributed by atoms with Crippen molar-refractivity contribution in [3.63, 3.8) is 0 Å². The zero-order valence-corrected chi connectivity index (χ0v) is 17.0. The molecule has 0 aliphatic heterocycles. The quantitative estimate of drug-likeness (QED) is 0.516. The van der Waals surface area contributed by atoms with E-state index in [4.69, 9.17) is 4.98 Å². The van der Waals surface area contributed by atoms with Crippen molar-refractivity contribution < 1.29 is 0 Å². The third-order valence-corrected chi connectivity index (χ3v) is 6.11. The van der Waals surface area contributed by atoms with Gasteiger partial charge in [0.05, 0.1) is 5.52 Å². The van der Waals surface area contributed by atoms with Gasteiger partial charge in [0.2, 0.25) is 0 Å². The molecular weight excluding hydrogens is 302 g/mol. The number of rotatable bonds is 6. The molecule has 136 valence electrons. The summed E-state index contributed by atoms with van der Waals surface area (Å²) in [6.45, 7) is 17.0. The average Bonchev–Trinajstić information content (AvgIpc) is 3.24. The van der Waals surface area contributed by atoms with Gasteiger partial charge in [-0.2, -0.15) is 0 Å². The Morgan fingerprint density at radius 3 is 2.48 bits per heavy atom. The highest BCUT2D eigenvalue weighted by atomic mass is 14.7. The summed E-state index contributed by atoms with van der Waals surface area (Å²) < 4.78 is 0. The van der Waals surface area contributed by atoms with E-state index in [2.05, 4.69) is 64.6 Å². The van der Waals surface area contributed by atoms with Crippen molar-refractivity contribution in [1.29, 1.82) is 0 Å². The van der Waals surface area contributed by atoms with Crippen LogP contribution in [0.25, 0.3) is 10.9 Å². The van der Waals surface area contributed by atoms with Gasteiger partial charge < -0.3 is 0 Å². The third kappa shape index (κ3) is 3.38. The maximum Gasteiger partial charge on any atom is 0.0708 e. The molecule has 1 nitrogen and oxygen atoms in total. The van der Waals surface area contributed by atoms with Crippen LogP contribution in [0.5, 0.6) is 0 Å². The molecular formula is C24H35N. The first-order valence-corrected chi connectivity index (χ1v) is 10.1. The average molecular weight is 338 g/mol. The van der Waals surface area contributed by atoms with Crippen LogP contribution in [0.2, 0.25) is 0 Å². The van der Waals surface area contributed by atoms with Crippen LogP contribution >= 0.6 is 0 Å². The number of fused-ring (bicyclic) bond motifs is 1. The van der Waals surface area contributed by atoms with Crippen molar-refractivity contribution in [3.05, 3.63) is 53.7 Å². The molecule has 2 aromatic rings. The Labute approximate surface area is 154 Å². The van der Waals surface area contributed by atoms with Gasteiger partial charge in [0.25, 0.3) is 0 Å². The van der Waals surface area contributed by atoms with Crippen LogP contribution in [0.4, 0.5) is 0 Å². The van der Waals surface area contributed by atoms with Gasteiger partial charge in [-0.15, -0.1) is 6.58 Å². The Kier molecular flexibility index (Phi) is 6.43. The van der Waals surface area contributed by atoms with Crippen molar-refractivity contribution in [3.8, 4) is 0 Å². The second-order valence-corrected chi connectivity index (χ2v) is 7.18. The summed E-state index contributed by atoms with van der Waals surface area (Å²) in [6.07, 6.45) is 6.73. The van der Waals surface area contributed by atoms with Crippen LogP contribution in [-0.4, -0.2) is 4.98 Å². The minimum absolute atomic E-state index is 0.354. The Balaban J connectivity index is 0.00000109. The fraction of sp³-hybridized carbons (Fsp3) is 0.542. The molecule has 1 aromatic carbocycles. The maximum atomic E-state index is 4.73. The van der Waals surface area contributed by atoms with Gasteiger partial charge in [-0.25, -0.2) is 0 Å². The highest BCUT2D eigenvalue weighted by molar-refractivity contribution is 5.83. The predicted molar refractivity (Wildman–Crippen MR) is 111 cm³/mol. The molecule has 0 N–H and O–H groups in total. The number of aromatic nitrogens is 1. The van der Waals surface area contributed by atoms with E-state index >= 15 is 0 Å². The van der Waals surface area contributed by atoms with E-state index in [-0.39, 0.29) is 0 Å². The van der Waals surface area contributed by atoms with Gasteiger partial charge in [-0.05, 0) is 67.3 Å². The molecule has 25 heavy (non-hydrogen) atoms. The molecule has 1 fully saturated rings. The number of allylic oxidation sites excluding steroid dienone is 1. The van der Waals surface area contributed by atoms with Crippen LogP contribution in [-0.2, 0) is 11.8 Å². The van der Waals surface area contributed by atoms with E-state index in [0.29, 0.717) is 5.41 Å². The standard InChI is InChI=1S/C22H29N.C2H6/c1-6-9-12-22(16(5)20(22)8-3)18-10-11-21-19(14-18)17(7-2)13-15(4)23-21;1-2/h6,10-11,13-14,16,20H,1,7-9,12H2,2-5H3;1-2H3. The lowest BCUT2D eigenvalue weighted by atomic mass is 9.85. The molecule has 1 saturated carbocycles. The van der Waals surface area contributed by atoms with Crippen molar-refractivity contribution in [2.24, 2.45) is 11.8 Å². The molecule has 3 unspecified atom stereocenters. The summed E-state index contributed by atoms with van der Waals surface area (Å²) in [4.78, 5) is 4.73. The Morgan fingerprint density at radius 2 is 1.92 bits per heavy atom. The van der Waals surface area contributed by atoms with E-state index < -0.39 is 0 Å². The number of benzene rings is 1. The van der Waals surface area contributed by atoms with Gasteiger partial charge in [0.1, 0.15) is 0 Å². The molecule has 1 heteroatoms. The fourth-order valence-electron chi connectivity index (χ4n) is 4.84.